The number of rotatable bonds is 7. The van der Waals surface area contributed by atoms with Crippen LogP contribution in [-0.2, 0) is 14.3 Å². The van der Waals surface area contributed by atoms with Gasteiger partial charge >= 0.3 is 0 Å². The molecule has 0 saturated heterocycles. The Kier molecular flexibility index (Phi) is 6.24. The van der Waals surface area contributed by atoms with E-state index in [4.69, 9.17) is 0 Å². The van der Waals surface area contributed by atoms with Crippen LogP contribution in [0.3, 0.4) is 0 Å². The number of hydrogen-bond donors (Lipinski definition) is 0. The van der Waals surface area contributed by atoms with E-state index in [1.54, 1.807) is 0 Å². The Morgan fingerprint density at radius 3 is 2.38 bits per heavy atom. The van der Waals surface area contributed by atoms with Crippen molar-refractivity contribution in [1.82, 2.24) is 0 Å². The lowest BCUT2D eigenvalue weighted by molar-refractivity contribution is 0.297. The first-order valence-corrected chi connectivity index (χ1v) is 6.22. The van der Waals surface area contributed by atoms with Gasteiger partial charge < -0.3 is 0 Å². The van der Waals surface area contributed by atoms with Crippen LogP contribution < -0.4 is 0 Å². The summed E-state index contributed by atoms with van der Waals surface area (Å²) in [6.45, 7) is 1.73. The predicted octanol–water partition coefficient (Wildman–Crippen LogP) is 1.88. The molecule has 80 valence electrons. The quantitative estimate of drug-likeness (QED) is 0.478. The Morgan fingerprint density at radius 1 is 1.31 bits per heavy atom. The molecule has 0 aliphatic rings. The van der Waals surface area contributed by atoms with Crippen LogP contribution in [0.1, 0.15) is 32.6 Å². The van der Waals surface area contributed by atoms with E-state index in [0.29, 0.717) is 12.8 Å². The molecule has 0 amide bonds. The van der Waals surface area contributed by atoms with Crippen LogP contribution in [0.15, 0.2) is 0 Å². The molecule has 0 bridgehead atoms. The van der Waals surface area contributed by atoms with Gasteiger partial charge in [-0.05, 0) is 19.8 Å². The first-order chi connectivity index (χ1) is 5.92. The summed E-state index contributed by atoms with van der Waals surface area (Å²) in [7, 11) is -3.30. The molecule has 5 heteroatoms. The third-order valence-corrected chi connectivity index (χ3v) is 2.14. The van der Waals surface area contributed by atoms with Crippen molar-refractivity contribution in [3.8, 4) is 0 Å². The van der Waals surface area contributed by atoms with E-state index >= 15 is 0 Å². The molecule has 0 fully saturated rings. The molecule has 0 aliphatic heterocycles. The molecule has 0 spiro atoms. The van der Waals surface area contributed by atoms with Crippen molar-refractivity contribution in [1.29, 1.82) is 0 Å². The van der Waals surface area contributed by atoms with Crippen LogP contribution in [-0.4, -0.2) is 27.5 Å². The average Bonchev–Trinajstić information content (AvgIpc) is 1.93. The highest BCUT2D eigenvalue weighted by Gasteiger charge is 2.01. The van der Waals surface area contributed by atoms with Crippen LogP contribution in [0.25, 0.3) is 0 Å². The van der Waals surface area contributed by atoms with Crippen LogP contribution in [0.4, 0.5) is 4.39 Å². The smallest absolute Gasteiger partial charge is 0.264 e. The molecular formula is C8H17FO3S. The molecule has 1 unspecified atom stereocenters. The molecule has 0 heterocycles. The normalized spacial score (nSPS) is 14.4. The van der Waals surface area contributed by atoms with Crippen LogP contribution in [0, 0.1) is 0 Å². The van der Waals surface area contributed by atoms with E-state index in [1.807, 2.05) is 0 Å². The molecular weight excluding hydrogens is 195 g/mol. The van der Waals surface area contributed by atoms with Gasteiger partial charge in [0.1, 0.15) is 0 Å². The van der Waals surface area contributed by atoms with E-state index in [1.165, 1.54) is 6.92 Å². The third kappa shape index (κ3) is 11.8. The van der Waals surface area contributed by atoms with E-state index < -0.39 is 16.3 Å². The minimum Gasteiger partial charge on any atom is -0.270 e. The lowest BCUT2D eigenvalue weighted by Gasteiger charge is -2.02. The summed E-state index contributed by atoms with van der Waals surface area (Å²) >= 11 is 0. The van der Waals surface area contributed by atoms with Gasteiger partial charge in [-0.1, -0.05) is 12.8 Å². The maximum absolute atomic E-state index is 12.3. The highest BCUT2D eigenvalue weighted by molar-refractivity contribution is 7.85. The van der Waals surface area contributed by atoms with Gasteiger partial charge in [-0.25, -0.2) is 4.39 Å². The maximum atomic E-state index is 12.3. The minimum absolute atomic E-state index is 0.208. The molecule has 0 N–H and O–H groups in total. The second-order valence-electron chi connectivity index (χ2n) is 3.16. The van der Waals surface area contributed by atoms with E-state index in [2.05, 4.69) is 4.18 Å². The first-order valence-electron chi connectivity index (χ1n) is 4.40. The molecule has 0 aliphatic carbocycles. The summed E-state index contributed by atoms with van der Waals surface area (Å²) < 4.78 is 37.8. The number of alkyl halides is 1. The van der Waals surface area contributed by atoms with Crippen molar-refractivity contribution < 1.29 is 17.0 Å². The summed E-state index contributed by atoms with van der Waals surface area (Å²) in [5.74, 6) is 0. The van der Waals surface area contributed by atoms with E-state index in [0.717, 1.165) is 19.1 Å². The Morgan fingerprint density at radius 2 is 1.92 bits per heavy atom. The van der Waals surface area contributed by atoms with E-state index in [-0.39, 0.29) is 6.61 Å². The summed E-state index contributed by atoms with van der Waals surface area (Å²) in [5.41, 5.74) is 0. The minimum atomic E-state index is -3.30. The molecule has 1 atom stereocenters. The highest BCUT2D eigenvalue weighted by Crippen LogP contribution is 2.06. The van der Waals surface area contributed by atoms with Gasteiger partial charge in [-0.2, -0.15) is 8.42 Å². The van der Waals surface area contributed by atoms with Gasteiger partial charge in [-0.3, -0.25) is 4.18 Å². The standard InChI is InChI=1S/C8H17FO3S/c1-8(9)6-4-3-5-7-12-13(2,10)11/h8H,3-7H2,1-2H3. The van der Waals surface area contributed by atoms with Crippen molar-refractivity contribution in [2.75, 3.05) is 12.9 Å². The van der Waals surface area contributed by atoms with Crippen LogP contribution >= 0.6 is 0 Å². The van der Waals surface area contributed by atoms with Gasteiger partial charge in [-0.15, -0.1) is 0 Å². The van der Waals surface area contributed by atoms with Crippen molar-refractivity contribution in [3.63, 3.8) is 0 Å². The molecule has 0 rings (SSSR count). The van der Waals surface area contributed by atoms with Gasteiger partial charge in [0.2, 0.25) is 0 Å². The summed E-state index contributed by atoms with van der Waals surface area (Å²) in [4.78, 5) is 0. The second-order valence-corrected chi connectivity index (χ2v) is 4.80. The molecule has 0 radical (unpaired) electrons. The fourth-order valence-electron chi connectivity index (χ4n) is 0.915. The van der Waals surface area contributed by atoms with Gasteiger partial charge in [0.05, 0.1) is 19.0 Å². The van der Waals surface area contributed by atoms with Gasteiger partial charge in [0.15, 0.2) is 0 Å². The Balaban J connectivity index is 3.18. The molecule has 0 aromatic carbocycles. The van der Waals surface area contributed by atoms with E-state index in [9.17, 15) is 12.8 Å². The fourth-order valence-corrected chi connectivity index (χ4v) is 1.34. The van der Waals surface area contributed by atoms with Gasteiger partial charge in [0, 0.05) is 0 Å². The largest absolute Gasteiger partial charge is 0.270 e. The first kappa shape index (κ1) is 12.8. The SMILES string of the molecule is CC(F)CCCCCOS(C)(=O)=O. The zero-order valence-electron chi connectivity index (χ0n) is 8.12. The van der Waals surface area contributed by atoms with Crippen molar-refractivity contribution in [2.24, 2.45) is 0 Å². The molecule has 0 aromatic rings. The number of hydrogen-bond acceptors (Lipinski definition) is 3. The van der Waals surface area contributed by atoms with Crippen molar-refractivity contribution in [3.05, 3.63) is 0 Å². The number of halogens is 1. The Hall–Kier alpha value is -0.160. The van der Waals surface area contributed by atoms with Gasteiger partial charge in [0.25, 0.3) is 10.1 Å². The fraction of sp³-hybridized carbons (Fsp3) is 1.00. The number of unbranched alkanes of at least 4 members (excludes halogenated alkanes) is 2. The zero-order valence-corrected chi connectivity index (χ0v) is 8.94. The maximum Gasteiger partial charge on any atom is 0.264 e. The van der Waals surface area contributed by atoms with Crippen molar-refractivity contribution >= 4 is 10.1 Å². The monoisotopic (exact) mass is 212 g/mol. The third-order valence-electron chi connectivity index (χ3n) is 1.54. The highest BCUT2D eigenvalue weighted by atomic mass is 32.2. The lowest BCUT2D eigenvalue weighted by atomic mass is 10.1. The molecule has 3 nitrogen and oxygen atoms in total. The summed E-state index contributed by atoms with van der Waals surface area (Å²) in [5, 5.41) is 0. The topological polar surface area (TPSA) is 43.4 Å². The van der Waals surface area contributed by atoms with Crippen LogP contribution in [0.5, 0.6) is 0 Å². The predicted molar refractivity (Wildman–Crippen MR) is 49.8 cm³/mol. The Labute approximate surface area is 79.4 Å². The lowest BCUT2D eigenvalue weighted by Crippen LogP contribution is -2.04. The van der Waals surface area contributed by atoms with Crippen LogP contribution in [0.2, 0.25) is 0 Å². The molecule has 0 aromatic heterocycles. The molecule has 13 heavy (non-hydrogen) atoms. The summed E-state index contributed by atoms with van der Waals surface area (Å²) in [6.07, 6.45) is 3.06. The second kappa shape index (κ2) is 6.32. The zero-order chi connectivity index (χ0) is 10.3. The van der Waals surface area contributed by atoms with Crippen molar-refractivity contribution in [2.45, 2.75) is 38.8 Å². The average molecular weight is 212 g/mol. The Bertz CT molecular complexity index is 211. The molecule has 0 saturated carbocycles. The summed E-state index contributed by atoms with van der Waals surface area (Å²) in [6, 6.07) is 0.